The molecule has 1 aromatic carbocycles. The number of alkyl halides is 3. The molecule has 0 bridgehead atoms. The number of benzene rings is 1. The summed E-state index contributed by atoms with van der Waals surface area (Å²) in [6, 6.07) is 4.12. The fourth-order valence-corrected chi connectivity index (χ4v) is 3.53. The van der Waals surface area contributed by atoms with Crippen LogP contribution in [-0.2, 0) is 6.18 Å². The van der Waals surface area contributed by atoms with E-state index in [1.54, 1.807) is 0 Å². The topological polar surface area (TPSA) is 53.1 Å². The zero-order valence-electron chi connectivity index (χ0n) is 11.0. The smallest absolute Gasteiger partial charge is 0.384 e. The number of nitrogens with two attached hydrogens (primary N) is 1. The van der Waals surface area contributed by atoms with Gasteiger partial charge in [-0.15, -0.1) is 0 Å². The highest BCUT2D eigenvalue weighted by molar-refractivity contribution is 7.99. The van der Waals surface area contributed by atoms with Gasteiger partial charge in [-0.25, -0.2) is 0 Å². The summed E-state index contributed by atoms with van der Waals surface area (Å²) in [5.74, 6) is 1.47. The molecule has 0 radical (unpaired) electrons. The van der Waals surface area contributed by atoms with Gasteiger partial charge in [-0.2, -0.15) is 24.9 Å². The normalized spacial score (nSPS) is 19.1. The average Bonchev–Trinajstić information content (AvgIpc) is 2.89. The molecule has 0 saturated carbocycles. The first kappa shape index (κ1) is 15.0. The zero-order chi connectivity index (χ0) is 14.9. The number of halogens is 3. The van der Waals surface area contributed by atoms with Crippen molar-refractivity contribution in [2.45, 2.75) is 18.6 Å². The van der Waals surface area contributed by atoms with Crippen LogP contribution in [0.4, 0.5) is 18.9 Å². The molecule has 110 valence electrons. The van der Waals surface area contributed by atoms with Crippen LogP contribution in [0.2, 0.25) is 0 Å². The quantitative estimate of drug-likeness (QED) is 0.667. The maximum Gasteiger partial charge on any atom is 0.417 e. The van der Waals surface area contributed by atoms with E-state index in [0.717, 1.165) is 24.0 Å². The first-order valence-electron chi connectivity index (χ1n) is 6.17. The van der Waals surface area contributed by atoms with E-state index >= 15 is 0 Å². The van der Waals surface area contributed by atoms with Gasteiger partial charge in [0.2, 0.25) is 0 Å². The minimum atomic E-state index is -4.50. The lowest BCUT2D eigenvalue weighted by Crippen LogP contribution is -2.31. The van der Waals surface area contributed by atoms with E-state index in [9.17, 15) is 13.2 Å². The maximum absolute atomic E-state index is 12.9. The molecule has 1 fully saturated rings. The highest BCUT2D eigenvalue weighted by Crippen LogP contribution is 2.34. The molecule has 1 aliphatic rings. The first-order valence-corrected chi connectivity index (χ1v) is 7.32. The molecule has 3 nitrogen and oxygen atoms in total. The maximum atomic E-state index is 12.9. The molecule has 1 saturated heterocycles. The monoisotopic (exact) mass is 303 g/mol. The van der Waals surface area contributed by atoms with Crippen LogP contribution in [0.15, 0.2) is 18.2 Å². The summed E-state index contributed by atoms with van der Waals surface area (Å²) < 4.78 is 38.6. The second kappa shape index (κ2) is 5.55. The van der Waals surface area contributed by atoms with Crippen molar-refractivity contribution in [1.82, 2.24) is 0 Å². The van der Waals surface area contributed by atoms with Crippen LogP contribution in [0.25, 0.3) is 0 Å². The van der Waals surface area contributed by atoms with E-state index in [1.165, 1.54) is 12.1 Å². The van der Waals surface area contributed by atoms with Gasteiger partial charge in [0, 0.05) is 30.1 Å². The molecule has 0 aromatic heterocycles. The Morgan fingerprint density at radius 1 is 1.45 bits per heavy atom. The summed E-state index contributed by atoms with van der Waals surface area (Å²) >= 11 is 1.83. The number of amidine groups is 1. The largest absolute Gasteiger partial charge is 0.417 e. The lowest BCUT2D eigenvalue weighted by atomic mass is 10.0. The number of hydrogen-bond donors (Lipinski definition) is 2. The van der Waals surface area contributed by atoms with Crippen LogP contribution in [0, 0.1) is 5.41 Å². The van der Waals surface area contributed by atoms with Crippen molar-refractivity contribution in [3.05, 3.63) is 29.3 Å². The summed E-state index contributed by atoms with van der Waals surface area (Å²) in [5.41, 5.74) is 4.84. The Balaban J connectivity index is 2.37. The van der Waals surface area contributed by atoms with Gasteiger partial charge in [0.25, 0.3) is 0 Å². The summed E-state index contributed by atoms with van der Waals surface area (Å²) in [5, 5.41) is 7.36. The number of anilines is 1. The number of nitrogens with zero attached hydrogens (tertiary/aromatic N) is 1. The van der Waals surface area contributed by atoms with E-state index in [2.05, 4.69) is 0 Å². The molecule has 20 heavy (non-hydrogen) atoms. The Kier molecular flexibility index (Phi) is 4.17. The minimum Gasteiger partial charge on any atom is -0.384 e. The predicted molar refractivity (Wildman–Crippen MR) is 76.6 cm³/mol. The Morgan fingerprint density at radius 2 is 2.15 bits per heavy atom. The van der Waals surface area contributed by atoms with Gasteiger partial charge >= 0.3 is 6.18 Å². The molecular weight excluding hydrogens is 287 g/mol. The van der Waals surface area contributed by atoms with Gasteiger partial charge in [0.15, 0.2) is 0 Å². The van der Waals surface area contributed by atoms with Crippen LogP contribution in [-0.4, -0.2) is 30.4 Å². The average molecular weight is 303 g/mol. The van der Waals surface area contributed by atoms with Gasteiger partial charge in [0.05, 0.1) is 5.56 Å². The van der Waals surface area contributed by atoms with Crippen molar-refractivity contribution >= 4 is 23.3 Å². The van der Waals surface area contributed by atoms with Crippen molar-refractivity contribution in [3.8, 4) is 0 Å². The van der Waals surface area contributed by atoms with Crippen molar-refractivity contribution in [2.75, 3.05) is 23.5 Å². The van der Waals surface area contributed by atoms with E-state index < -0.39 is 17.6 Å². The Hall–Kier alpha value is -1.37. The molecule has 0 amide bonds. The molecule has 1 atom stereocenters. The minimum absolute atomic E-state index is 0.257. The van der Waals surface area contributed by atoms with Gasteiger partial charge in [-0.1, -0.05) is 0 Å². The first-order chi connectivity index (χ1) is 9.30. The number of thioether (sulfide) groups is 1. The van der Waals surface area contributed by atoms with Crippen LogP contribution in [0.5, 0.6) is 0 Å². The second-order valence-corrected chi connectivity index (χ2v) is 5.92. The summed E-state index contributed by atoms with van der Waals surface area (Å²) in [4.78, 5) is 1.96. The van der Waals surface area contributed by atoms with E-state index in [0.29, 0.717) is 11.7 Å². The fraction of sp³-hybridized carbons (Fsp3) is 0.462. The fourth-order valence-electron chi connectivity index (χ4n) is 2.26. The molecule has 1 aliphatic heterocycles. The molecule has 1 aromatic rings. The number of rotatable bonds is 3. The van der Waals surface area contributed by atoms with Gasteiger partial charge in [-0.05, 0) is 30.4 Å². The highest BCUT2D eigenvalue weighted by atomic mass is 32.2. The molecule has 1 unspecified atom stereocenters. The Morgan fingerprint density at radius 3 is 2.65 bits per heavy atom. The standard InChI is InChI=1S/C13H16F3N3S/c1-19(9-4-5-20-7-9)8-2-3-11(13(14,15)16)10(6-8)12(17)18/h2-3,6,9H,4-5,7H2,1H3,(H3,17,18). The van der Waals surface area contributed by atoms with Gasteiger partial charge < -0.3 is 10.6 Å². The van der Waals surface area contributed by atoms with E-state index in [4.69, 9.17) is 11.1 Å². The molecule has 0 spiro atoms. The lowest BCUT2D eigenvalue weighted by Gasteiger charge is -2.27. The predicted octanol–water partition coefficient (Wildman–Crippen LogP) is 2.93. The SMILES string of the molecule is CN(c1ccc(C(F)(F)F)c(C(=N)N)c1)C1CCSC1. The molecule has 7 heteroatoms. The van der Waals surface area contributed by atoms with Crippen molar-refractivity contribution in [1.29, 1.82) is 5.41 Å². The van der Waals surface area contributed by atoms with Gasteiger partial charge in [-0.3, -0.25) is 5.41 Å². The van der Waals surface area contributed by atoms with Crippen LogP contribution < -0.4 is 10.6 Å². The molecule has 1 heterocycles. The molecule has 2 rings (SSSR count). The second-order valence-electron chi connectivity index (χ2n) is 4.77. The number of hydrogen-bond acceptors (Lipinski definition) is 3. The summed E-state index contributed by atoms with van der Waals surface area (Å²) in [6.07, 6.45) is -3.49. The van der Waals surface area contributed by atoms with Crippen LogP contribution >= 0.6 is 11.8 Å². The Bertz CT molecular complexity index is 510. The summed E-state index contributed by atoms with van der Waals surface area (Å²) in [6.45, 7) is 0. The third-order valence-electron chi connectivity index (χ3n) is 3.46. The number of nitrogens with one attached hydrogen (secondary N) is 1. The Labute approximate surface area is 119 Å². The van der Waals surface area contributed by atoms with Crippen LogP contribution in [0.3, 0.4) is 0 Å². The summed E-state index contributed by atoms with van der Waals surface area (Å²) in [7, 11) is 1.86. The van der Waals surface area contributed by atoms with Crippen molar-refractivity contribution < 1.29 is 13.2 Å². The van der Waals surface area contributed by atoms with E-state index in [1.807, 2.05) is 23.7 Å². The third kappa shape index (κ3) is 3.03. The van der Waals surface area contributed by atoms with E-state index in [-0.39, 0.29) is 5.56 Å². The third-order valence-corrected chi connectivity index (χ3v) is 4.60. The van der Waals surface area contributed by atoms with Crippen molar-refractivity contribution in [3.63, 3.8) is 0 Å². The lowest BCUT2D eigenvalue weighted by molar-refractivity contribution is -0.137. The van der Waals surface area contributed by atoms with Gasteiger partial charge in [0.1, 0.15) is 5.84 Å². The van der Waals surface area contributed by atoms with Crippen molar-refractivity contribution in [2.24, 2.45) is 5.73 Å². The van der Waals surface area contributed by atoms with Crippen LogP contribution in [0.1, 0.15) is 17.5 Å². The molecular formula is C13H16F3N3S. The molecule has 0 aliphatic carbocycles. The number of nitrogen functional groups attached to an aromatic ring is 1. The molecule has 3 N–H and O–H groups in total. The highest BCUT2D eigenvalue weighted by Gasteiger charge is 2.34. The zero-order valence-corrected chi connectivity index (χ0v) is 11.8.